The van der Waals surface area contributed by atoms with E-state index in [0.717, 1.165) is 4.90 Å². The van der Waals surface area contributed by atoms with E-state index in [1.165, 1.54) is 7.05 Å². The fraction of sp³-hybridized carbons (Fsp3) is 0.636. The van der Waals surface area contributed by atoms with Crippen LogP contribution in [0.5, 0.6) is 0 Å². The molecule has 2 heterocycles. The fourth-order valence-corrected chi connectivity index (χ4v) is 2.15. The number of nitrogens with one attached hydrogen (secondary N) is 1. The summed E-state index contributed by atoms with van der Waals surface area (Å²) < 4.78 is 0. The molecule has 1 unspecified atom stereocenters. The lowest BCUT2D eigenvalue weighted by molar-refractivity contribution is -0.144. The number of carbonyl (C=O) groups excluding carboxylic acids is 4. The van der Waals surface area contributed by atoms with Gasteiger partial charge in [0.15, 0.2) is 0 Å². The average molecular weight is 268 g/mol. The Labute approximate surface area is 110 Å². The van der Waals surface area contributed by atoms with Crippen LogP contribution in [0.15, 0.2) is 0 Å². The van der Waals surface area contributed by atoms with Crippen molar-refractivity contribution in [1.82, 2.24) is 20.0 Å². The number of carbonyl (C=O) groups is 4. The van der Waals surface area contributed by atoms with Crippen LogP contribution in [0, 0.1) is 0 Å². The SMILES string of the molecule is CC1CN(C(=O)CN2C(=O)C(=O)N(C)C2=O)CCN1. The molecule has 0 spiro atoms. The Balaban J connectivity index is 2.01. The Morgan fingerprint density at radius 3 is 2.53 bits per heavy atom. The van der Waals surface area contributed by atoms with Crippen molar-refractivity contribution in [3.05, 3.63) is 0 Å². The molecule has 0 radical (unpaired) electrons. The van der Waals surface area contributed by atoms with E-state index in [4.69, 9.17) is 0 Å². The molecule has 0 saturated carbocycles. The fourth-order valence-electron chi connectivity index (χ4n) is 2.15. The standard InChI is InChI=1S/C11H16N4O4/c1-7-5-14(4-3-12-7)8(16)6-15-10(18)9(17)13(2)11(15)19/h7,12H,3-6H2,1-2H3. The van der Waals surface area contributed by atoms with Gasteiger partial charge in [0.25, 0.3) is 0 Å². The molecule has 2 rings (SSSR count). The summed E-state index contributed by atoms with van der Waals surface area (Å²) in [7, 11) is 1.22. The molecule has 0 bridgehead atoms. The quantitative estimate of drug-likeness (QED) is 0.473. The molecule has 5 amide bonds. The van der Waals surface area contributed by atoms with Crippen molar-refractivity contribution in [3.8, 4) is 0 Å². The molecule has 8 heteroatoms. The number of nitrogens with zero attached hydrogens (tertiary/aromatic N) is 3. The van der Waals surface area contributed by atoms with Crippen LogP contribution in [-0.2, 0) is 14.4 Å². The van der Waals surface area contributed by atoms with E-state index in [0.29, 0.717) is 24.5 Å². The lowest BCUT2D eigenvalue weighted by Crippen LogP contribution is -2.54. The molecule has 1 N–H and O–H groups in total. The number of imide groups is 2. The summed E-state index contributed by atoms with van der Waals surface area (Å²) >= 11 is 0. The van der Waals surface area contributed by atoms with Gasteiger partial charge >= 0.3 is 17.8 Å². The summed E-state index contributed by atoms with van der Waals surface area (Å²) in [6.07, 6.45) is 0. The van der Waals surface area contributed by atoms with Gasteiger partial charge < -0.3 is 10.2 Å². The van der Waals surface area contributed by atoms with E-state index in [1.54, 1.807) is 4.90 Å². The average Bonchev–Trinajstić information content (AvgIpc) is 2.56. The highest BCUT2D eigenvalue weighted by Gasteiger charge is 2.43. The minimum absolute atomic E-state index is 0.173. The Morgan fingerprint density at radius 1 is 1.32 bits per heavy atom. The maximum atomic E-state index is 12.0. The molecule has 0 aromatic heterocycles. The van der Waals surface area contributed by atoms with Gasteiger partial charge in [0.1, 0.15) is 6.54 Å². The molecule has 104 valence electrons. The zero-order valence-electron chi connectivity index (χ0n) is 10.9. The summed E-state index contributed by atoms with van der Waals surface area (Å²) in [6.45, 7) is 3.30. The Morgan fingerprint density at radius 2 is 2.00 bits per heavy atom. The van der Waals surface area contributed by atoms with Crippen molar-refractivity contribution in [1.29, 1.82) is 0 Å². The molecule has 0 aliphatic carbocycles. The van der Waals surface area contributed by atoms with Crippen LogP contribution in [0.25, 0.3) is 0 Å². The van der Waals surface area contributed by atoms with Crippen molar-refractivity contribution < 1.29 is 19.2 Å². The lowest BCUT2D eigenvalue weighted by atomic mass is 10.2. The van der Waals surface area contributed by atoms with Crippen molar-refractivity contribution in [2.45, 2.75) is 13.0 Å². The third-order valence-corrected chi connectivity index (χ3v) is 3.27. The largest absolute Gasteiger partial charge is 0.338 e. The van der Waals surface area contributed by atoms with Crippen molar-refractivity contribution in [3.63, 3.8) is 0 Å². The van der Waals surface area contributed by atoms with Crippen LogP contribution in [0.2, 0.25) is 0 Å². The predicted octanol–water partition coefficient (Wildman–Crippen LogP) is -1.77. The Hall–Kier alpha value is -1.96. The number of rotatable bonds is 2. The lowest BCUT2D eigenvalue weighted by Gasteiger charge is -2.32. The molecule has 2 fully saturated rings. The minimum Gasteiger partial charge on any atom is -0.338 e. The zero-order valence-corrected chi connectivity index (χ0v) is 10.9. The molecular weight excluding hydrogens is 252 g/mol. The normalized spacial score (nSPS) is 24.4. The van der Waals surface area contributed by atoms with Crippen molar-refractivity contribution in [2.24, 2.45) is 0 Å². The first-order valence-corrected chi connectivity index (χ1v) is 6.06. The summed E-state index contributed by atoms with van der Waals surface area (Å²) in [5, 5.41) is 3.19. The second-order valence-corrected chi connectivity index (χ2v) is 4.73. The van der Waals surface area contributed by atoms with Gasteiger partial charge in [-0.2, -0.15) is 0 Å². The summed E-state index contributed by atoms with van der Waals surface area (Å²) in [4.78, 5) is 49.5. The topological polar surface area (TPSA) is 90.0 Å². The van der Waals surface area contributed by atoms with E-state index >= 15 is 0 Å². The highest BCUT2D eigenvalue weighted by Crippen LogP contribution is 2.10. The van der Waals surface area contributed by atoms with Crippen LogP contribution in [0.4, 0.5) is 4.79 Å². The minimum atomic E-state index is -0.941. The second-order valence-electron chi connectivity index (χ2n) is 4.73. The molecule has 2 saturated heterocycles. The summed E-state index contributed by atoms with van der Waals surface area (Å²) in [5.41, 5.74) is 0. The number of hydrogen-bond acceptors (Lipinski definition) is 5. The van der Waals surface area contributed by atoms with Gasteiger partial charge in [0.05, 0.1) is 0 Å². The van der Waals surface area contributed by atoms with Crippen molar-refractivity contribution in [2.75, 3.05) is 33.2 Å². The first-order chi connectivity index (χ1) is 8.91. The predicted molar refractivity (Wildman–Crippen MR) is 63.9 cm³/mol. The van der Waals surface area contributed by atoms with Gasteiger partial charge in [-0.3, -0.25) is 19.3 Å². The maximum absolute atomic E-state index is 12.0. The van der Waals surface area contributed by atoms with Gasteiger partial charge in [0, 0.05) is 32.7 Å². The number of likely N-dealkylation sites (N-methyl/N-ethyl adjacent to an activating group) is 1. The van der Waals surface area contributed by atoms with E-state index < -0.39 is 17.8 Å². The molecule has 19 heavy (non-hydrogen) atoms. The molecule has 2 aliphatic heterocycles. The number of hydrogen-bond donors (Lipinski definition) is 1. The van der Waals surface area contributed by atoms with Crippen LogP contribution < -0.4 is 5.32 Å². The van der Waals surface area contributed by atoms with Crippen LogP contribution in [0.1, 0.15) is 6.92 Å². The first-order valence-electron chi connectivity index (χ1n) is 6.06. The van der Waals surface area contributed by atoms with E-state index in [2.05, 4.69) is 5.32 Å². The van der Waals surface area contributed by atoms with E-state index in [-0.39, 0.29) is 18.5 Å². The first kappa shape index (κ1) is 13.5. The number of urea groups is 1. The Kier molecular flexibility index (Phi) is 3.52. The molecule has 0 aromatic rings. The van der Waals surface area contributed by atoms with E-state index in [1.807, 2.05) is 6.92 Å². The highest BCUT2D eigenvalue weighted by atomic mass is 16.2. The third-order valence-electron chi connectivity index (χ3n) is 3.27. The number of piperazine rings is 1. The molecule has 0 aromatic carbocycles. The van der Waals surface area contributed by atoms with Crippen LogP contribution in [0.3, 0.4) is 0 Å². The number of amides is 5. The smallest absolute Gasteiger partial charge is 0.334 e. The van der Waals surface area contributed by atoms with Crippen molar-refractivity contribution >= 4 is 23.8 Å². The molecule has 8 nitrogen and oxygen atoms in total. The van der Waals surface area contributed by atoms with Gasteiger partial charge in [-0.15, -0.1) is 0 Å². The molecule has 1 atom stereocenters. The Bertz CT molecular complexity index is 450. The van der Waals surface area contributed by atoms with E-state index in [9.17, 15) is 19.2 Å². The van der Waals surface area contributed by atoms with Crippen LogP contribution >= 0.6 is 0 Å². The highest BCUT2D eigenvalue weighted by molar-refractivity contribution is 6.44. The maximum Gasteiger partial charge on any atom is 0.334 e. The van der Waals surface area contributed by atoms with Gasteiger partial charge in [-0.25, -0.2) is 9.69 Å². The summed E-state index contributed by atoms with van der Waals surface area (Å²) in [5.74, 6) is -2.16. The third kappa shape index (κ3) is 2.43. The molecular formula is C11H16N4O4. The van der Waals surface area contributed by atoms with Gasteiger partial charge in [-0.1, -0.05) is 0 Å². The van der Waals surface area contributed by atoms with Crippen LogP contribution in [-0.4, -0.2) is 77.7 Å². The zero-order chi connectivity index (χ0) is 14.2. The summed E-state index contributed by atoms with van der Waals surface area (Å²) in [6, 6.07) is -0.571. The molecule has 2 aliphatic rings. The van der Waals surface area contributed by atoms with Gasteiger partial charge in [0.2, 0.25) is 5.91 Å². The van der Waals surface area contributed by atoms with Gasteiger partial charge in [-0.05, 0) is 6.92 Å². The monoisotopic (exact) mass is 268 g/mol. The second kappa shape index (κ2) is 4.96.